The molecule has 1 N–H and O–H groups in total. The zero-order valence-electron chi connectivity index (χ0n) is 13.4. The van der Waals surface area contributed by atoms with E-state index in [1.807, 2.05) is 26.3 Å². The van der Waals surface area contributed by atoms with Crippen LogP contribution in [0.2, 0.25) is 0 Å². The summed E-state index contributed by atoms with van der Waals surface area (Å²) in [5.41, 5.74) is 0.725. The SMILES string of the molecule is CNCc1scc(C)c1S(=O)(=O)N(C)C(C)C(C)(C)C. The smallest absolute Gasteiger partial charge is 0.244 e. The van der Waals surface area contributed by atoms with E-state index in [2.05, 4.69) is 26.1 Å². The molecule has 6 heteroatoms. The third-order valence-corrected chi connectivity index (χ3v) is 7.15. The summed E-state index contributed by atoms with van der Waals surface area (Å²) in [6.07, 6.45) is 0. The van der Waals surface area contributed by atoms with Crippen molar-refractivity contribution in [3.8, 4) is 0 Å². The molecule has 4 nitrogen and oxygen atoms in total. The lowest BCUT2D eigenvalue weighted by atomic mass is 9.88. The normalized spacial score (nSPS) is 14.8. The third kappa shape index (κ3) is 3.42. The highest BCUT2D eigenvalue weighted by Gasteiger charge is 2.34. The van der Waals surface area contributed by atoms with Crippen LogP contribution in [0, 0.1) is 12.3 Å². The molecule has 0 amide bonds. The molecule has 20 heavy (non-hydrogen) atoms. The van der Waals surface area contributed by atoms with Crippen molar-refractivity contribution < 1.29 is 8.42 Å². The van der Waals surface area contributed by atoms with Crippen LogP contribution in [0.25, 0.3) is 0 Å². The minimum atomic E-state index is -3.46. The Morgan fingerprint density at radius 1 is 1.40 bits per heavy atom. The van der Waals surface area contributed by atoms with Crippen LogP contribution < -0.4 is 5.32 Å². The molecule has 1 unspecified atom stereocenters. The standard InChI is InChI=1S/C14H26N2O2S2/c1-10-9-19-12(8-15-6)13(10)20(17,18)16(7)11(2)14(3,4)5/h9,11,15H,8H2,1-7H3. The summed E-state index contributed by atoms with van der Waals surface area (Å²) in [6, 6.07) is -0.0748. The van der Waals surface area contributed by atoms with Gasteiger partial charge in [-0.1, -0.05) is 20.8 Å². The van der Waals surface area contributed by atoms with E-state index in [-0.39, 0.29) is 11.5 Å². The van der Waals surface area contributed by atoms with Crippen molar-refractivity contribution >= 4 is 21.4 Å². The van der Waals surface area contributed by atoms with Crippen LogP contribution in [-0.2, 0) is 16.6 Å². The highest BCUT2D eigenvalue weighted by molar-refractivity contribution is 7.89. The van der Waals surface area contributed by atoms with Crippen molar-refractivity contribution in [2.45, 2.75) is 52.1 Å². The summed E-state index contributed by atoms with van der Waals surface area (Å²) in [5.74, 6) is 0. The highest BCUT2D eigenvalue weighted by Crippen LogP contribution is 2.33. The molecule has 0 aliphatic carbocycles. The maximum atomic E-state index is 12.9. The van der Waals surface area contributed by atoms with Gasteiger partial charge in [-0.2, -0.15) is 4.31 Å². The predicted molar refractivity (Wildman–Crippen MR) is 85.7 cm³/mol. The van der Waals surface area contributed by atoms with E-state index in [1.165, 1.54) is 15.6 Å². The molecule has 0 saturated carbocycles. The second-order valence-corrected chi connectivity index (χ2v) is 9.16. The Kier molecular flexibility index (Phi) is 5.40. The summed E-state index contributed by atoms with van der Waals surface area (Å²) in [5, 5.41) is 4.95. The summed E-state index contributed by atoms with van der Waals surface area (Å²) < 4.78 is 27.3. The number of hydrogen-bond acceptors (Lipinski definition) is 4. The third-order valence-electron chi connectivity index (χ3n) is 3.76. The molecular formula is C14H26N2O2S2. The van der Waals surface area contributed by atoms with Crippen LogP contribution >= 0.6 is 11.3 Å². The Morgan fingerprint density at radius 2 is 1.95 bits per heavy atom. The average molecular weight is 319 g/mol. The number of thiophene rings is 1. The van der Waals surface area contributed by atoms with Crippen LogP contribution in [0.3, 0.4) is 0 Å². The molecule has 1 atom stereocenters. The van der Waals surface area contributed by atoms with Gasteiger partial charge in [0.2, 0.25) is 10.0 Å². The Labute approximate surface area is 127 Å². The van der Waals surface area contributed by atoms with Crippen LogP contribution in [-0.4, -0.2) is 32.9 Å². The number of nitrogens with one attached hydrogen (secondary N) is 1. The van der Waals surface area contributed by atoms with Crippen molar-refractivity contribution in [2.75, 3.05) is 14.1 Å². The second kappa shape index (κ2) is 6.13. The van der Waals surface area contributed by atoms with Crippen molar-refractivity contribution in [2.24, 2.45) is 5.41 Å². The Hall–Kier alpha value is -0.430. The molecule has 1 aromatic heterocycles. The van der Waals surface area contributed by atoms with E-state index in [4.69, 9.17) is 0 Å². The summed E-state index contributed by atoms with van der Waals surface area (Å²) >= 11 is 1.50. The highest BCUT2D eigenvalue weighted by atomic mass is 32.2. The first-order valence-corrected chi connectivity index (χ1v) is 9.05. The van der Waals surface area contributed by atoms with Gasteiger partial charge in [0.05, 0.1) is 0 Å². The summed E-state index contributed by atoms with van der Waals surface area (Å²) in [7, 11) is 0.0407. The number of aryl methyl sites for hydroxylation is 1. The van der Waals surface area contributed by atoms with E-state index in [0.717, 1.165) is 10.4 Å². The van der Waals surface area contributed by atoms with Crippen molar-refractivity contribution in [3.63, 3.8) is 0 Å². The van der Waals surface area contributed by atoms with Crippen molar-refractivity contribution in [1.29, 1.82) is 0 Å². The number of hydrogen-bond donors (Lipinski definition) is 1. The van der Waals surface area contributed by atoms with Gasteiger partial charge in [-0.05, 0) is 37.3 Å². The number of sulfonamides is 1. The van der Waals surface area contributed by atoms with Crippen molar-refractivity contribution in [3.05, 3.63) is 15.8 Å². The van der Waals surface area contributed by atoms with Crippen LogP contribution in [0.15, 0.2) is 10.3 Å². The van der Waals surface area contributed by atoms with Crippen LogP contribution in [0.5, 0.6) is 0 Å². The van der Waals surface area contributed by atoms with Gasteiger partial charge in [-0.25, -0.2) is 8.42 Å². The number of rotatable bonds is 5. The lowest BCUT2D eigenvalue weighted by Gasteiger charge is -2.34. The Bertz CT molecular complexity index is 556. The van der Waals surface area contributed by atoms with E-state index in [1.54, 1.807) is 7.05 Å². The molecule has 1 rings (SSSR count). The molecule has 0 spiro atoms. The fraction of sp³-hybridized carbons (Fsp3) is 0.714. The fourth-order valence-corrected chi connectivity index (χ4v) is 5.33. The molecular weight excluding hydrogens is 292 g/mol. The van der Waals surface area contributed by atoms with Gasteiger partial charge in [0.15, 0.2) is 0 Å². The monoisotopic (exact) mass is 318 g/mol. The molecule has 1 aromatic rings. The fourth-order valence-electron chi connectivity index (χ4n) is 2.01. The Balaban J connectivity index is 3.27. The van der Waals surface area contributed by atoms with Gasteiger partial charge in [0.25, 0.3) is 0 Å². The largest absolute Gasteiger partial charge is 0.315 e. The Morgan fingerprint density at radius 3 is 2.40 bits per heavy atom. The first-order chi connectivity index (χ1) is 9.03. The molecule has 0 saturated heterocycles. The zero-order valence-corrected chi connectivity index (χ0v) is 15.1. The first kappa shape index (κ1) is 17.6. The lowest BCUT2D eigenvalue weighted by molar-refractivity contribution is 0.216. The van der Waals surface area contributed by atoms with E-state index in [0.29, 0.717) is 11.4 Å². The summed E-state index contributed by atoms with van der Waals surface area (Å²) in [4.78, 5) is 1.34. The van der Waals surface area contributed by atoms with Crippen LogP contribution in [0.4, 0.5) is 0 Å². The topological polar surface area (TPSA) is 49.4 Å². The van der Waals surface area contributed by atoms with E-state index in [9.17, 15) is 8.42 Å². The molecule has 1 heterocycles. The predicted octanol–water partition coefficient (Wildman–Crippen LogP) is 2.83. The lowest BCUT2D eigenvalue weighted by Crippen LogP contribution is -2.43. The molecule has 0 fully saturated rings. The van der Waals surface area contributed by atoms with Crippen molar-refractivity contribution in [1.82, 2.24) is 9.62 Å². The maximum Gasteiger partial charge on any atom is 0.244 e. The first-order valence-electron chi connectivity index (χ1n) is 6.73. The van der Waals surface area contributed by atoms with Gasteiger partial charge >= 0.3 is 0 Å². The van der Waals surface area contributed by atoms with Gasteiger partial charge in [-0.15, -0.1) is 11.3 Å². The average Bonchev–Trinajstić information content (AvgIpc) is 2.68. The van der Waals surface area contributed by atoms with Gasteiger partial charge in [0.1, 0.15) is 4.90 Å². The zero-order chi connectivity index (χ0) is 15.7. The molecule has 0 bridgehead atoms. The minimum Gasteiger partial charge on any atom is -0.315 e. The van der Waals surface area contributed by atoms with E-state index >= 15 is 0 Å². The number of nitrogens with zero attached hydrogens (tertiary/aromatic N) is 1. The molecule has 0 aromatic carbocycles. The van der Waals surface area contributed by atoms with Gasteiger partial charge in [-0.3, -0.25) is 0 Å². The molecule has 116 valence electrons. The second-order valence-electron chi connectivity index (χ2n) is 6.26. The molecule has 0 aliphatic rings. The molecule has 0 aliphatic heterocycles. The maximum absolute atomic E-state index is 12.9. The van der Waals surface area contributed by atoms with Crippen LogP contribution in [0.1, 0.15) is 38.1 Å². The molecule has 0 radical (unpaired) electrons. The quantitative estimate of drug-likeness (QED) is 0.908. The minimum absolute atomic E-state index is 0.0748. The van der Waals surface area contributed by atoms with Gasteiger partial charge in [0, 0.05) is 24.5 Å². The summed E-state index contributed by atoms with van der Waals surface area (Å²) in [6.45, 7) is 10.6. The van der Waals surface area contributed by atoms with Gasteiger partial charge < -0.3 is 5.32 Å². The van der Waals surface area contributed by atoms with E-state index < -0.39 is 10.0 Å².